The molecule has 0 bridgehead atoms. The second kappa shape index (κ2) is 7.99. The molecule has 9 heteroatoms. The normalized spacial score (nSPS) is 11.8. The van der Waals surface area contributed by atoms with Gasteiger partial charge >= 0.3 is 5.00 Å². The molecule has 0 atom stereocenters. The predicted molar refractivity (Wildman–Crippen MR) is 106 cm³/mol. The number of fused-ring (bicyclic) bond motifs is 1. The predicted octanol–water partition coefficient (Wildman–Crippen LogP) is 3.46. The molecule has 0 radical (unpaired) electrons. The summed E-state index contributed by atoms with van der Waals surface area (Å²) in [5.41, 5.74) is 0.785. The summed E-state index contributed by atoms with van der Waals surface area (Å²) in [4.78, 5) is 27.7. The van der Waals surface area contributed by atoms with E-state index in [0.29, 0.717) is 15.4 Å². The van der Waals surface area contributed by atoms with Gasteiger partial charge in [-0.25, -0.2) is 0 Å². The Kier molecular flexibility index (Phi) is 5.49. The van der Waals surface area contributed by atoms with Crippen molar-refractivity contribution in [2.45, 2.75) is 6.54 Å². The van der Waals surface area contributed by atoms with E-state index in [0.717, 1.165) is 21.6 Å². The van der Waals surface area contributed by atoms with Crippen LogP contribution in [0.15, 0.2) is 41.4 Å². The average molecular weight is 399 g/mol. The van der Waals surface area contributed by atoms with Crippen molar-refractivity contribution in [3.05, 3.63) is 56.2 Å². The van der Waals surface area contributed by atoms with Gasteiger partial charge < -0.3 is 9.30 Å². The van der Waals surface area contributed by atoms with E-state index in [4.69, 9.17) is 11.2 Å². The first-order chi connectivity index (χ1) is 13.0. The molecular weight excluding hydrogens is 386 g/mol. The number of hydrogen-bond acceptors (Lipinski definition) is 6. The summed E-state index contributed by atoms with van der Waals surface area (Å²) in [7, 11) is 1.57. The minimum Gasteiger partial charge on any atom is -0.495 e. The highest BCUT2D eigenvalue weighted by Crippen LogP contribution is 2.27. The van der Waals surface area contributed by atoms with Crippen molar-refractivity contribution in [1.29, 1.82) is 0 Å². The third kappa shape index (κ3) is 3.97. The van der Waals surface area contributed by atoms with Gasteiger partial charge in [0.2, 0.25) is 0 Å². The maximum atomic E-state index is 12.2. The molecular formula is C18H13N3O4S2. The Labute approximate surface area is 162 Å². The highest BCUT2D eigenvalue weighted by molar-refractivity contribution is 7.16. The fraction of sp³-hybridized carbons (Fsp3) is 0.111. The first-order valence-corrected chi connectivity index (χ1v) is 9.27. The number of carbonyl (C=O) groups is 1. The largest absolute Gasteiger partial charge is 0.495 e. The molecule has 0 aliphatic heterocycles. The Morgan fingerprint density at radius 1 is 1.41 bits per heavy atom. The van der Waals surface area contributed by atoms with Crippen LogP contribution in [0.25, 0.3) is 16.3 Å². The van der Waals surface area contributed by atoms with Gasteiger partial charge in [-0.15, -0.1) is 6.42 Å². The van der Waals surface area contributed by atoms with Crippen molar-refractivity contribution < 1.29 is 14.5 Å². The molecule has 0 N–H and O–H groups in total. The Morgan fingerprint density at radius 2 is 2.22 bits per heavy atom. The molecule has 3 rings (SSSR count). The van der Waals surface area contributed by atoms with Crippen molar-refractivity contribution in [3.63, 3.8) is 0 Å². The molecule has 0 spiro atoms. The van der Waals surface area contributed by atoms with Crippen molar-refractivity contribution in [2.24, 2.45) is 4.99 Å². The highest BCUT2D eigenvalue weighted by Gasteiger charge is 2.11. The Bertz CT molecular complexity index is 1160. The smallest absolute Gasteiger partial charge is 0.324 e. The minimum atomic E-state index is -0.484. The van der Waals surface area contributed by atoms with Gasteiger partial charge in [0.15, 0.2) is 4.80 Å². The van der Waals surface area contributed by atoms with Crippen molar-refractivity contribution in [1.82, 2.24) is 4.57 Å². The first-order valence-electron chi connectivity index (χ1n) is 7.64. The van der Waals surface area contributed by atoms with Crippen LogP contribution in [0.2, 0.25) is 0 Å². The lowest BCUT2D eigenvalue weighted by atomic mass is 10.3. The number of thiophene rings is 1. The number of ether oxygens (including phenoxy) is 1. The lowest BCUT2D eigenvalue weighted by Crippen LogP contribution is -2.16. The summed E-state index contributed by atoms with van der Waals surface area (Å²) in [5.74, 6) is 2.72. The number of para-hydroxylation sites is 1. The van der Waals surface area contributed by atoms with Crippen LogP contribution < -0.4 is 9.54 Å². The van der Waals surface area contributed by atoms with Gasteiger partial charge in [-0.1, -0.05) is 34.7 Å². The molecule has 1 aromatic carbocycles. The second-order valence-electron chi connectivity index (χ2n) is 5.20. The molecule has 2 aromatic heterocycles. The topological polar surface area (TPSA) is 86.7 Å². The van der Waals surface area contributed by atoms with Gasteiger partial charge in [0.05, 0.1) is 23.3 Å². The van der Waals surface area contributed by atoms with E-state index in [1.54, 1.807) is 17.7 Å². The number of rotatable bonds is 5. The molecule has 136 valence electrons. The van der Waals surface area contributed by atoms with Crippen LogP contribution >= 0.6 is 22.7 Å². The van der Waals surface area contributed by atoms with E-state index in [-0.39, 0.29) is 11.5 Å². The third-order valence-electron chi connectivity index (χ3n) is 3.52. The monoisotopic (exact) mass is 399 g/mol. The molecule has 2 heterocycles. The number of nitrogens with zero attached hydrogens (tertiary/aromatic N) is 3. The van der Waals surface area contributed by atoms with Crippen LogP contribution in [0, 0.1) is 22.5 Å². The van der Waals surface area contributed by atoms with E-state index >= 15 is 0 Å². The van der Waals surface area contributed by atoms with E-state index in [9.17, 15) is 14.9 Å². The molecule has 0 saturated carbocycles. The van der Waals surface area contributed by atoms with Gasteiger partial charge in [0.25, 0.3) is 5.91 Å². The van der Waals surface area contributed by atoms with E-state index in [2.05, 4.69) is 10.9 Å². The van der Waals surface area contributed by atoms with E-state index < -0.39 is 10.8 Å². The van der Waals surface area contributed by atoms with Crippen LogP contribution in [0.1, 0.15) is 4.88 Å². The zero-order valence-corrected chi connectivity index (χ0v) is 15.8. The number of terminal acetylenes is 1. The standard InChI is InChI=1S/C18H13N3O4S2/c1-3-11-20-17-13(25-2)5-4-6-14(17)27-18(20)19-15(22)9-7-12-8-10-16(26-12)21(23)24/h1,4-10H,11H2,2H3/b9-7+,19-18?. The van der Waals surface area contributed by atoms with Crippen molar-refractivity contribution >= 4 is 49.9 Å². The maximum Gasteiger partial charge on any atom is 0.324 e. The number of amides is 1. The Morgan fingerprint density at radius 3 is 2.89 bits per heavy atom. The SMILES string of the molecule is C#CCn1c(=NC(=O)/C=C/c2ccc([N+](=O)[O-])s2)sc2cccc(OC)c21. The van der Waals surface area contributed by atoms with Crippen LogP contribution in [0.5, 0.6) is 5.75 Å². The molecule has 27 heavy (non-hydrogen) atoms. The van der Waals surface area contributed by atoms with Gasteiger partial charge in [-0.2, -0.15) is 4.99 Å². The quantitative estimate of drug-likeness (QED) is 0.285. The number of carbonyl (C=O) groups excluding carboxylic acids is 1. The van der Waals surface area contributed by atoms with Gasteiger partial charge in [-0.05, 0) is 24.3 Å². The Hall–Kier alpha value is -3.22. The van der Waals surface area contributed by atoms with Gasteiger partial charge in [-0.3, -0.25) is 14.9 Å². The zero-order chi connectivity index (χ0) is 19.4. The van der Waals surface area contributed by atoms with E-state index in [1.165, 1.54) is 29.6 Å². The van der Waals surface area contributed by atoms with E-state index in [1.807, 2.05) is 18.2 Å². The first kappa shape index (κ1) is 18.6. The van der Waals surface area contributed by atoms with Crippen molar-refractivity contribution in [2.75, 3.05) is 7.11 Å². The molecule has 0 unspecified atom stereocenters. The summed E-state index contributed by atoms with van der Waals surface area (Å²) < 4.78 is 8.03. The summed E-state index contributed by atoms with van der Waals surface area (Å²) in [6, 6.07) is 8.55. The fourth-order valence-corrected chi connectivity index (χ4v) is 4.18. The molecule has 0 saturated heterocycles. The summed E-state index contributed by atoms with van der Waals surface area (Å²) in [6.07, 6.45) is 8.24. The van der Waals surface area contributed by atoms with Crippen LogP contribution in [0.3, 0.4) is 0 Å². The highest BCUT2D eigenvalue weighted by atomic mass is 32.1. The number of hydrogen-bond donors (Lipinski definition) is 0. The molecule has 7 nitrogen and oxygen atoms in total. The van der Waals surface area contributed by atoms with Gasteiger partial charge in [0.1, 0.15) is 11.3 Å². The van der Waals surface area contributed by atoms with Gasteiger partial charge in [0, 0.05) is 17.0 Å². The van der Waals surface area contributed by atoms with Crippen LogP contribution in [-0.4, -0.2) is 22.5 Å². The number of thiazole rings is 1. The summed E-state index contributed by atoms with van der Waals surface area (Å²) in [6.45, 7) is 0.243. The average Bonchev–Trinajstić information content (AvgIpc) is 3.25. The molecule has 0 fully saturated rings. The molecule has 1 amide bonds. The molecule has 0 aliphatic carbocycles. The minimum absolute atomic E-state index is 0.0162. The number of methoxy groups -OCH3 is 1. The van der Waals surface area contributed by atoms with Crippen molar-refractivity contribution in [3.8, 4) is 18.1 Å². The lowest BCUT2D eigenvalue weighted by molar-refractivity contribution is -0.380. The summed E-state index contributed by atoms with van der Waals surface area (Å²) >= 11 is 2.31. The lowest BCUT2D eigenvalue weighted by Gasteiger charge is -2.05. The number of benzene rings is 1. The molecule has 3 aromatic rings. The van der Waals surface area contributed by atoms with Crippen LogP contribution in [0.4, 0.5) is 5.00 Å². The second-order valence-corrected chi connectivity index (χ2v) is 7.30. The number of aromatic nitrogens is 1. The Balaban J connectivity index is 1.98. The van der Waals surface area contributed by atoms with Crippen LogP contribution in [-0.2, 0) is 11.3 Å². The zero-order valence-electron chi connectivity index (χ0n) is 14.1. The summed E-state index contributed by atoms with van der Waals surface area (Å²) in [5, 5.41) is 10.7. The molecule has 0 aliphatic rings. The third-order valence-corrected chi connectivity index (χ3v) is 5.57. The fourth-order valence-electron chi connectivity index (χ4n) is 2.40. The number of nitro groups is 1. The maximum absolute atomic E-state index is 12.2.